The number of aromatic nitrogens is 5. The molecule has 0 radical (unpaired) electrons. The van der Waals surface area contributed by atoms with E-state index in [1.165, 1.54) is 12.1 Å². The summed E-state index contributed by atoms with van der Waals surface area (Å²) in [7, 11) is 3.93. The van der Waals surface area contributed by atoms with Gasteiger partial charge in [-0.2, -0.15) is 5.10 Å². The molecule has 4 aromatic heterocycles. The number of likely N-dealkylation sites (N-methyl/N-ethyl adjacent to an activating group) is 1. The number of pyridine rings is 2. The molecular weight excluding hydrogens is 569 g/mol. The molecule has 0 bridgehead atoms. The standard InChI is InChI=1S/C35H38FN7O2/c1-35(2,3)18-32(44)39-25-13-23(19-37-20-25)21-6-7-30-29(15-21)33(42-41-30)31-17-28-27(8-9-38-34(28)40-31)22-12-24(36)16-26(14-22)45-11-10-43(4)5/h6-9,12-17,19-20,32,39,44H,10-11,18H2,1-5H3,(H,38,40)(H,41,42). The molecule has 0 fully saturated rings. The number of ether oxygens (including phenoxy) is 1. The van der Waals surface area contributed by atoms with E-state index in [4.69, 9.17) is 4.74 Å². The molecule has 232 valence electrons. The number of nitrogens with one attached hydrogen (secondary N) is 3. The smallest absolute Gasteiger partial charge is 0.138 e. The van der Waals surface area contributed by atoms with Crippen LogP contribution in [0.3, 0.4) is 0 Å². The van der Waals surface area contributed by atoms with Crippen LogP contribution in [0.1, 0.15) is 27.2 Å². The Hall–Kier alpha value is -4.80. The summed E-state index contributed by atoms with van der Waals surface area (Å²) < 4.78 is 20.5. The van der Waals surface area contributed by atoms with Crippen molar-refractivity contribution in [3.05, 3.63) is 79.0 Å². The van der Waals surface area contributed by atoms with Gasteiger partial charge in [-0.1, -0.05) is 26.8 Å². The highest BCUT2D eigenvalue weighted by molar-refractivity contribution is 6.00. The number of anilines is 1. The van der Waals surface area contributed by atoms with Crippen LogP contribution in [0.4, 0.5) is 10.1 Å². The molecule has 4 heterocycles. The van der Waals surface area contributed by atoms with Gasteiger partial charge in [0.25, 0.3) is 0 Å². The number of fused-ring (bicyclic) bond motifs is 2. The van der Waals surface area contributed by atoms with Crippen LogP contribution in [-0.2, 0) is 0 Å². The van der Waals surface area contributed by atoms with Gasteiger partial charge in [-0.3, -0.25) is 10.1 Å². The van der Waals surface area contributed by atoms with Gasteiger partial charge < -0.3 is 25.0 Å². The van der Waals surface area contributed by atoms with Crippen molar-refractivity contribution in [2.75, 3.05) is 32.6 Å². The molecule has 0 aliphatic rings. The van der Waals surface area contributed by atoms with E-state index < -0.39 is 6.23 Å². The predicted molar refractivity (Wildman–Crippen MR) is 178 cm³/mol. The van der Waals surface area contributed by atoms with Gasteiger partial charge in [-0.05, 0) is 85.1 Å². The van der Waals surface area contributed by atoms with E-state index >= 15 is 0 Å². The van der Waals surface area contributed by atoms with Crippen LogP contribution in [0.25, 0.3) is 55.6 Å². The van der Waals surface area contributed by atoms with Crippen molar-refractivity contribution in [1.29, 1.82) is 0 Å². The zero-order valence-corrected chi connectivity index (χ0v) is 26.1. The Labute approximate surface area is 261 Å². The Morgan fingerprint density at radius 3 is 2.62 bits per heavy atom. The third-order valence-corrected chi connectivity index (χ3v) is 7.55. The van der Waals surface area contributed by atoms with Crippen LogP contribution in [0.15, 0.2) is 73.2 Å². The molecule has 0 amide bonds. The summed E-state index contributed by atoms with van der Waals surface area (Å²) >= 11 is 0. The third-order valence-electron chi connectivity index (χ3n) is 7.55. The molecule has 1 unspecified atom stereocenters. The average molecular weight is 608 g/mol. The summed E-state index contributed by atoms with van der Waals surface area (Å²) in [5, 5.41) is 23.2. The lowest BCUT2D eigenvalue weighted by atomic mass is 9.91. The molecule has 0 spiro atoms. The SMILES string of the molecule is CN(C)CCOc1cc(F)cc(-c2ccnc3[nH]c(-c4n[nH]c5ccc(-c6cncc(NC(O)CC(C)(C)C)c6)cc45)cc23)c1. The second kappa shape index (κ2) is 12.3. The fourth-order valence-corrected chi connectivity index (χ4v) is 5.45. The Morgan fingerprint density at radius 1 is 0.978 bits per heavy atom. The maximum absolute atomic E-state index is 14.7. The molecule has 2 aromatic carbocycles. The van der Waals surface area contributed by atoms with Crippen molar-refractivity contribution in [3.8, 4) is 39.4 Å². The number of halogens is 1. The number of aromatic amines is 2. The van der Waals surface area contributed by atoms with Gasteiger partial charge in [-0.25, -0.2) is 9.37 Å². The van der Waals surface area contributed by atoms with Gasteiger partial charge in [0.1, 0.15) is 35.7 Å². The van der Waals surface area contributed by atoms with Crippen molar-refractivity contribution in [3.63, 3.8) is 0 Å². The van der Waals surface area contributed by atoms with Crippen molar-refractivity contribution in [2.24, 2.45) is 5.41 Å². The summed E-state index contributed by atoms with van der Waals surface area (Å²) in [5.74, 6) is 0.118. The van der Waals surface area contributed by atoms with Crippen LogP contribution in [0, 0.1) is 11.2 Å². The minimum Gasteiger partial charge on any atom is -0.492 e. The minimum absolute atomic E-state index is 0.0144. The summed E-state index contributed by atoms with van der Waals surface area (Å²) in [6.45, 7) is 7.46. The lowest BCUT2D eigenvalue weighted by Crippen LogP contribution is -2.25. The van der Waals surface area contributed by atoms with Gasteiger partial charge >= 0.3 is 0 Å². The summed E-state index contributed by atoms with van der Waals surface area (Å²) in [4.78, 5) is 14.4. The zero-order chi connectivity index (χ0) is 31.7. The lowest BCUT2D eigenvalue weighted by molar-refractivity contribution is 0.145. The summed E-state index contributed by atoms with van der Waals surface area (Å²) in [5.41, 5.74) is 7.22. The Morgan fingerprint density at radius 2 is 1.82 bits per heavy atom. The molecule has 0 saturated carbocycles. The second-order valence-electron chi connectivity index (χ2n) is 12.9. The number of nitrogens with zero attached hydrogens (tertiary/aromatic N) is 4. The third kappa shape index (κ3) is 6.97. The molecule has 4 N–H and O–H groups in total. The van der Waals surface area contributed by atoms with Crippen LogP contribution in [0.5, 0.6) is 5.75 Å². The van der Waals surface area contributed by atoms with E-state index in [9.17, 15) is 9.50 Å². The van der Waals surface area contributed by atoms with Crippen LogP contribution in [-0.4, -0.2) is 68.6 Å². The highest BCUT2D eigenvalue weighted by atomic mass is 19.1. The maximum atomic E-state index is 14.7. The van der Waals surface area contributed by atoms with Crippen LogP contribution >= 0.6 is 0 Å². The number of H-pyrrole nitrogens is 2. The first kappa shape index (κ1) is 30.2. The molecule has 0 saturated heterocycles. The van der Waals surface area contributed by atoms with E-state index in [1.54, 1.807) is 18.6 Å². The first-order valence-electron chi connectivity index (χ1n) is 15.0. The second-order valence-corrected chi connectivity index (χ2v) is 12.9. The van der Waals surface area contributed by atoms with E-state index in [1.807, 2.05) is 55.4 Å². The number of aliphatic hydroxyl groups excluding tert-OH is 1. The fourth-order valence-electron chi connectivity index (χ4n) is 5.45. The quantitative estimate of drug-likeness (QED) is 0.123. The molecular formula is C35H38FN7O2. The van der Waals surface area contributed by atoms with E-state index in [-0.39, 0.29) is 11.2 Å². The summed E-state index contributed by atoms with van der Waals surface area (Å²) in [6, 6.07) is 16.7. The van der Waals surface area contributed by atoms with Gasteiger partial charge in [0.15, 0.2) is 0 Å². The molecule has 45 heavy (non-hydrogen) atoms. The zero-order valence-electron chi connectivity index (χ0n) is 26.1. The number of aliphatic hydroxyl groups is 1. The molecule has 6 rings (SSSR count). The fraction of sp³-hybridized carbons (Fsp3) is 0.286. The minimum atomic E-state index is -0.680. The molecule has 9 nitrogen and oxygen atoms in total. The number of hydrogen-bond donors (Lipinski definition) is 4. The Kier molecular flexibility index (Phi) is 8.26. The Balaban J connectivity index is 1.32. The molecule has 6 aromatic rings. The normalized spacial score (nSPS) is 12.7. The first-order chi connectivity index (χ1) is 21.5. The molecule has 10 heteroatoms. The largest absolute Gasteiger partial charge is 0.492 e. The van der Waals surface area contributed by atoms with Crippen molar-refractivity contribution >= 4 is 27.6 Å². The molecule has 0 aliphatic carbocycles. The Bertz CT molecular complexity index is 1960. The highest BCUT2D eigenvalue weighted by Gasteiger charge is 2.18. The van der Waals surface area contributed by atoms with Gasteiger partial charge in [-0.15, -0.1) is 0 Å². The van der Waals surface area contributed by atoms with Crippen LogP contribution < -0.4 is 10.1 Å². The van der Waals surface area contributed by atoms with Gasteiger partial charge in [0, 0.05) is 41.3 Å². The van der Waals surface area contributed by atoms with Crippen molar-refractivity contribution < 1.29 is 14.2 Å². The summed E-state index contributed by atoms with van der Waals surface area (Å²) in [6.07, 6.45) is 5.15. The number of hydrogen-bond acceptors (Lipinski definition) is 7. The van der Waals surface area contributed by atoms with Crippen LogP contribution in [0.2, 0.25) is 0 Å². The lowest BCUT2D eigenvalue weighted by Gasteiger charge is -2.23. The molecule has 1 atom stereocenters. The average Bonchev–Trinajstić information content (AvgIpc) is 3.59. The topological polar surface area (TPSA) is 115 Å². The number of benzene rings is 2. The number of rotatable bonds is 10. The van der Waals surface area contributed by atoms with Gasteiger partial charge in [0.05, 0.1) is 23.1 Å². The van der Waals surface area contributed by atoms with Crippen molar-refractivity contribution in [2.45, 2.75) is 33.4 Å². The molecule has 0 aliphatic heterocycles. The maximum Gasteiger partial charge on any atom is 0.138 e. The van der Waals surface area contributed by atoms with Gasteiger partial charge in [0.2, 0.25) is 0 Å². The van der Waals surface area contributed by atoms with E-state index in [2.05, 4.69) is 57.3 Å². The highest BCUT2D eigenvalue weighted by Crippen LogP contribution is 2.36. The first-order valence-corrected chi connectivity index (χ1v) is 15.0. The van der Waals surface area contributed by atoms with Crippen molar-refractivity contribution in [1.82, 2.24) is 30.0 Å². The van der Waals surface area contributed by atoms with E-state index in [0.717, 1.165) is 56.6 Å². The predicted octanol–water partition coefficient (Wildman–Crippen LogP) is 7.08. The van der Waals surface area contributed by atoms with E-state index in [0.29, 0.717) is 30.0 Å². The monoisotopic (exact) mass is 607 g/mol.